The highest BCUT2D eigenvalue weighted by Crippen LogP contribution is 2.13. The van der Waals surface area contributed by atoms with E-state index in [4.69, 9.17) is 16.3 Å². The van der Waals surface area contributed by atoms with Crippen LogP contribution in [0.3, 0.4) is 0 Å². The van der Waals surface area contributed by atoms with Crippen LogP contribution < -0.4 is 10.6 Å². The van der Waals surface area contributed by atoms with E-state index in [0.717, 1.165) is 10.6 Å². The summed E-state index contributed by atoms with van der Waals surface area (Å²) in [7, 11) is 0. The molecule has 0 aliphatic carbocycles. The molecule has 19 heavy (non-hydrogen) atoms. The smallest absolute Gasteiger partial charge is 0.407 e. The topological polar surface area (TPSA) is 50.4 Å². The van der Waals surface area contributed by atoms with Crippen molar-refractivity contribution in [3.63, 3.8) is 0 Å². The predicted molar refractivity (Wildman–Crippen MR) is 77.4 cm³/mol. The van der Waals surface area contributed by atoms with Crippen molar-refractivity contribution >= 4 is 17.7 Å². The Labute approximate surface area is 119 Å². The second-order valence-corrected chi connectivity index (χ2v) is 5.69. The van der Waals surface area contributed by atoms with Crippen LogP contribution in [-0.2, 0) is 11.3 Å². The second-order valence-electron chi connectivity index (χ2n) is 5.28. The number of amides is 1. The van der Waals surface area contributed by atoms with Gasteiger partial charge in [-0.2, -0.15) is 0 Å². The standard InChI is InChI=1S/C14H21ClN2O2/c1-14(2,3)17-13(18)19-9-8-16-10-11-6-4-5-7-12(11)15/h4-7,16H,8-10H2,1-3H3,(H,17,18). The zero-order valence-electron chi connectivity index (χ0n) is 11.6. The van der Waals surface area contributed by atoms with Gasteiger partial charge in [0.1, 0.15) is 6.61 Å². The average Bonchev–Trinajstić information content (AvgIpc) is 2.28. The van der Waals surface area contributed by atoms with Gasteiger partial charge in [-0.05, 0) is 32.4 Å². The summed E-state index contributed by atoms with van der Waals surface area (Å²) in [5.41, 5.74) is 0.755. The lowest BCUT2D eigenvalue weighted by Crippen LogP contribution is -2.41. The molecule has 1 aromatic rings. The summed E-state index contributed by atoms with van der Waals surface area (Å²) in [5, 5.41) is 6.64. The summed E-state index contributed by atoms with van der Waals surface area (Å²) in [6.07, 6.45) is -0.396. The van der Waals surface area contributed by atoms with Gasteiger partial charge in [0.05, 0.1) is 0 Å². The molecule has 1 rings (SSSR count). The maximum absolute atomic E-state index is 11.4. The number of hydrogen-bond acceptors (Lipinski definition) is 3. The lowest BCUT2D eigenvalue weighted by Gasteiger charge is -2.19. The minimum absolute atomic E-state index is 0.276. The van der Waals surface area contributed by atoms with Gasteiger partial charge in [0.15, 0.2) is 0 Å². The number of carbonyl (C=O) groups excluding carboxylic acids is 1. The van der Waals surface area contributed by atoms with Gasteiger partial charge in [-0.25, -0.2) is 4.79 Å². The molecule has 0 aliphatic heterocycles. The first-order valence-corrected chi connectivity index (χ1v) is 6.65. The van der Waals surface area contributed by atoms with Crippen molar-refractivity contribution in [3.8, 4) is 0 Å². The highest BCUT2D eigenvalue weighted by molar-refractivity contribution is 6.31. The molecule has 0 saturated carbocycles. The molecule has 0 fully saturated rings. The number of benzene rings is 1. The molecule has 1 aromatic carbocycles. The molecule has 0 bridgehead atoms. The normalized spacial score (nSPS) is 11.2. The molecule has 1 amide bonds. The van der Waals surface area contributed by atoms with Crippen molar-refractivity contribution in [2.45, 2.75) is 32.9 Å². The Kier molecular flexibility index (Phi) is 6.12. The fraction of sp³-hybridized carbons (Fsp3) is 0.500. The summed E-state index contributed by atoms with van der Waals surface area (Å²) in [4.78, 5) is 11.4. The Morgan fingerprint density at radius 1 is 1.32 bits per heavy atom. The van der Waals surface area contributed by atoms with Gasteiger partial charge in [0.25, 0.3) is 0 Å². The van der Waals surface area contributed by atoms with E-state index in [1.165, 1.54) is 0 Å². The van der Waals surface area contributed by atoms with Crippen molar-refractivity contribution in [2.75, 3.05) is 13.2 Å². The van der Waals surface area contributed by atoms with Crippen LogP contribution in [0, 0.1) is 0 Å². The zero-order valence-corrected chi connectivity index (χ0v) is 12.4. The number of halogens is 1. The number of alkyl carbamates (subject to hydrolysis) is 1. The van der Waals surface area contributed by atoms with Gasteiger partial charge in [-0.15, -0.1) is 0 Å². The van der Waals surface area contributed by atoms with E-state index < -0.39 is 6.09 Å². The maximum Gasteiger partial charge on any atom is 0.407 e. The van der Waals surface area contributed by atoms with Crippen LogP contribution in [0.15, 0.2) is 24.3 Å². The molecule has 0 unspecified atom stereocenters. The van der Waals surface area contributed by atoms with Crippen molar-refractivity contribution in [3.05, 3.63) is 34.9 Å². The Morgan fingerprint density at radius 2 is 2.00 bits per heavy atom. The molecule has 2 N–H and O–H groups in total. The van der Waals surface area contributed by atoms with Crippen LogP contribution in [0.2, 0.25) is 5.02 Å². The molecule has 0 radical (unpaired) electrons. The number of carbonyl (C=O) groups is 1. The summed E-state index contributed by atoms with van der Waals surface area (Å²) < 4.78 is 5.04. The van der Waals surface area contributed by atoms with Crippen molar-refractivity contribution < 1.29 is 9.53 Å². The summed E-state index contributed by atoms with van der Waals surface area (Å²) >= 11 is 6.02. The van der Waals surface area contributed by atoms with Crippen molar-refractivity contribution in [2.24, 2.45) is 0 Å². The monoisotopic (exact) mass is 284 g/mol. The van der Waals surface area contributed by atoms with Crippen LogP contribution in [0.4, 0.5) is 4.79 Å². The molecule has 0 spiro atoms. The quantitative estimate of drug-likeness (QED) is 0.818. The number of hydrogen-bond donors (Lipinski definition) is 2. The first-order valence-electron chi connectivity index (χ1n) is 6.27. The largest absolute Gasteiger partial charge is 0.448 e. The van der Waals surface area contributed by atoms with E-state index in [-0.39, 0.29) is 5.54 Å². The third kappa shape index (κ3) is 7.03. The summed E-state index contributed by atoms with van der Waals surface area (Å²) in [6.45, 7) is 7.29. The van der Waals surface area contributed by atoms with E-state index in [2.05, 4.69) is 10.6 Å². The third-order valence-corrected chi connectivity index (χ3v) is 2.63. The maximum atomic E-state index is 11.4. The van der Waals surface area contributed by atoms with E-state index in [1.807, 2.05) is 45.0 Å². The summed E-state index contributed by atoms with van der Waals surface area (Å²) in [6, 6.07) is 7.65. The molecule has 4 nitrogen and oxygen atoms in total. The molecule has 5 heteroatoms. The third-order valence-electron chi connectivity index (χ3n) is 2.26. The second kappa shape index (κ2) is 7.36. The average molecular weight is 285 g/mol. The molecule has 0 aliphatic rings. The Morgan fingerprint density at radius 3 is 2.63 bits per heavy atom. The van der Waals surface area contributed by atoms with E-state index >= 15 is 0 Å². The Bertz CT molecular complexity index is 416. The van der Waals surface area contributed by atoms with Crippen LogP contribution >= 0.6 is 11.6 Å². The fourth-order valence-electron chi connectivity index (χ4n) is 1.42. The Balaban J connectivity index is 2.15. The van der Waals surface area contributed by atoms with Gasteiger partial charge < -0.3 is 15.4 Å². The minimum atomic E-state index is -0.396. The highest BCUT2D eigenvalue weighted by Gasteiger charge is 2.13. The molecule has 106 valence electrons. The number of rotatable bonds is 5. The van der Waals surface area contributed by atoms with Gasteiger partial charge in [-0.1, -0.05) is 29.8 Å². The predicted octanol–water partition coefficient (Wildman–Crippen LogP) is 2.95. The van der Waals surface area contributed by atoms with Crippen LogP contribution in [-0.4, -0.2) is 24.8 Å². The molecule has 0 aromatic heterocycles. The molecular formula is C14H21ClN2O2. The summed E-state index contributed by atoms with van der Waals surface area (Å²) in [5.74, 6) is 0. The lowest BCUT2D eigenvalue weighted by molar-refractivity contribution is 0.138. The minimum Gasteiger partial charge on any atom is -0.448 e. The van der Waals surface area contributed by atoms with Crippen molar-refractivity contribution in [1.29, 1.82) is 0 Å². The van der Waals surface area contributed by atoms with Gasteiger partial charge in [0.2, 0.25) is 0 Å². The van der Waals surface area contributed by atoms with E-state index in [1.54, 1.807) is 0 Å². The number of nitrogens with one attached hydrogen (secondary N) is 2. The van der Waals surface area contributed by atoms with Gasteiger partial charge >= 0.3 is 6.09 Å². The molecular weight excluding hydrogens is 264 g/mol. The zero-order chi connectivity index (χ0) is 14.3. The molecule has 0 heterocycles. The van der Waals surface area contributed by atoms with Gasteiger partial charge in [-0.3, -0.25) is 0 Å². The van der Waals surface area contributed by atoms with Crippen LogP contribution in [0.1, 0.15) is 26.3 Å². The van der Waals surface area contributed by atoms with E-state index in [0.29, 0.717) is 19.7 Å². The highest BCUT2D eigenvalue weighted by atomic mass is 35.5. The van der Waals surface area contributed by atoms with Crippen molar-refractivity contribution in [1.82, 2.24) is 10.6 Å². The fourth-order valence-corrected chi connectivity index (χ4v) is 1.63. The first kappa shape index (κ1) is 15.8. The first-order chi connectivity index (χ1) is 8.88. The lowest BCUT2D eigenvalue weighted by atomic mass is 10.1. The van der Waals surface area contributed by atoms with Gasteiger partial charge in [0, 0.05) is 23.7 Å². The number of ether oxygens (including phenoxy) is 1. The molecule has 0 saturated heterocycles. The van der Waals surface area contributed by atoms with Crippen LogP contribution in [0.5, 0.6) is 0 Å². The Hall–Kier alpha value is -1.26. The van der Waals surface area contributed by atoms with E-state index in [9.17, 15) is 4.79 Å². The molecule has 0 atom stereocenters. The SMILES string of the molecule is CC(C)(C)NC(=O)OCCNCc1ccccc1Cl. The van der Waals surface area contributed by atoms with Crippen LogP contribution in [0.25, 0.3) is 0 Å².